The van der Waals surface area contributed by atoms with Gasteiger partial charge in [-0.2, -0.15) is 0 Å². The highest BCUT2D eigenvalue weighted by atomic mass is 35.5. The molecular formula is C24H25Cl2N5O4S. The average Bonchev–Trinajstić information content (AvgIpc) is 3.26. The second-order valence-electron chi connectivity index (χ2n) is 7.54. The lowest BCUT2D eigenvalue weighted by Gasteiger charge is -2.15. The fourth-order valence-corrected chi connectivity index (χ4v) is 4.57. The average molecular weight is 550 g/mol. The van der Waals surface area contributed by atoms with Gasteiger partial charge >= 0.3 is 5.97 Å². The second kappa shape index (κ2) is 12.8. The van der Waals surface area contributed by atoms with Crippen LogP contribution >= 0.6 is 35.0 Å². The van der Waals surface area contributed by atoms with Crippen LogP contribution in [0.2, 0.25) is 10.0 Å². The van der Waals surface area contributed by atoms with E-state index in [1.54, 1.807) is 50.2 Å². The lowest BCUT2D eigenvalue weighted by Crippen LogP contribution is -2.29. The first kappa shape index (κ1) is 27.5. The van der Waals surface area contributed by atoms with Crippen LogP contribution in [0.1, 0.15) is 53.4 Å². The molecule has 190 valence electrons. The summed E-state index contributed by atoms with van der Waals surface area (Å²) in [5.41, 5.74) is 1.27. The minimum absolute atomic E-state index is 0.0961. The molecule has 1 heterocycles. The number of hydrogen-bond donors (Lipinski definition) is 2. The highest BCUT2D eigenvalue weighted by molar-refractivity contribution is 7.99. The molecule has 12 heteroatoms. The summed E-state index contributed by atoms with van der Waals surface area (Å²) < 4.78 is 6.79. The molecule has 3 aromatic rings. The number of ether oxygens (including phenoxy) is 1. The van der Waals surface area contributed by atoms with Crippen molar-refractivity contribution in [2.45, 2.75) is 38.5 Å². The van der Waals surface area contributed by atoms with Gasteiger partial charge in [-0.1, -0.05) is 35.0 Å². The Balaban J connectivity index is 1.59. The van der Waals surface area contributed by atoms with Crippen molar-refractivity contribution in [2.24, 2.45) is 0 Å². The predicted molar refractivity (Wildman–Crippen MR) is 140 cm³/mol. The van der Waals surface area contributed by atoms with Crippen LogP contribution in [-0.4, -0.2) is 44.9 Å². The Bertz CT molecular complexity index is 1250. The van der Waals surface area contributed by atoms with Gasteiger partial charge in [0.15, 0.2) is 11.0 Å². The summed E-state index contributed by atoms with van der Waals surface area (Å²) in [5, 5.41) is 15.3. The molecular weight excluding hydrogens is 525 g/mol. The summed E-state index contributed by atoms with van der Waals surface area (Å²) in [6, 6.07) is 10.7. The summed E-state index contributed by atoms with van der Waals surface area (Å²) in [7, 11) is 0. The van der Waals surface area contributed by atoms with Crippen molar-refractivity contribution < 1.29 is 19.1 Å². The predicted octanol–water partition coefficient (Wildman–Crippen LogP) is 5.00. The number of anilines is 1. The first-order valence-electron chi connectivity index (χ1n) is 11.1. The summed E-state index contributed by atoms with van der Waals surface area (Å²) >= 11 is 13.3. The number of rotatable bonds is 10. The standard InChI is InChI=1S/C24H25Cl2N5O4S/c1-4-31-21(14(3)27-22(33)18-11-8-16(25)12-19(18)26)29-30-24(31)36-13-20(32)28-17-9-6-15(7-10-17)23(34)35-5-2/h6-12,14H,4-5,13H2,1-3H3,(H,27,33)(H,28,32)/t14-/m1/s1. The van der Waals surface area contributed by atoms with E-state index in [1.165, 1.54) is 17.8 Å². The second-order valence-corrected chi connectivity index (χ2v) is 9.33. The maximum absolute atomic E-state index is 12.7. The summed E-state index contributed by atoms with van der Waals surface area (Å²) in [4.78, 5) is 36.9. The number of benzene rings is 2. The topological polar surface area (TPSA) is 115 Å². The summed E-state index contributed by atoms with van der Waals surface area (Å²) in [5.74, 6) is -0.373. The normalized spacial score (nSPS) is 11.6. The maximum Gasteiger partial charge on any atom is 0.338 e. The molecule has 1 atom stereocenters. The molecule has 0 radical (unpaired) electrons. The lowest BCUT2D eigenvalue weighted by atomic mass is 10.2. The molecule has 0 aliphatic heterocycles. The van der Waals surface area contributed by atoms with E-state index in [-0.39, 0.29) is 22.6 Å². The van der Waals surface area contributed by atoms with Crippen molar-refractivity contribution in [2.75, 3.05) is 17.7 Å². The quantitative estimate of drug-likeness (QED) is 0.270. The Morgan fingerprint density at radius 1 is 1.08 bits per heavy atom. The van der Waals surface area contributed by atoms with Crippen molar-refractivity contribution in [1.29, 1.82) is 0 Å². The number of carbonyl (C=O) groups is 3. The van der Waals surface area contributed by atoms with Gasteiger partial charge in [0.2, 0.25) is 5.91 Å². The van der Waals surface area contributed by atoms with Crippen LogP contribution in [0.5, 0.6) is 0 Å². The SMILES string of the molecule is CCOC(=O)c1ccc(NC(=O)CSc2nnc([C@@H](C)NC(=O)c3ccc(Cl)cc3Cl)n2CC)cc1. The molecule has 0 spiro atoms. The third-order valence-electron chi connectivity index (χ3n) is 4.98. The molecule has 2 amide bonds. The number of nitrogens with zero attached hydrogens (tertiary/aromatic N) is 3. The Morgan fingerprint density at radius 3 is 2.44 bits per heavy atom. The number of thioether (sulfide) groups is 1. The molecule has 0 saturated carbocycles. The van der Waals surface area contributed by atoms with Crippen LogP contribution in [0.15, 0.2) is 47.6 Å². The zero-order valence-corrected chi connectivity index (χ0v) is 22.2. The third-order valence-corrected chi connectivity index (χ3v) is 6.50. The zero-order chi connectivity index (χ0) is 26.2. The maximum atomic E-state index is 12.7. The number of hydrogen-bond acceptors (Lipinski definition) is 7. The van der Waals surface area contributed by atoms with E-state index >= 15 is 0 Å². The third kappa shape index (κ3) is 6.99. The highest BCUT2D eigenvalue weighted by Gasteiger charge is 2.21. The fraction of sp³-hybridized carbons (Fsp3) is 0.292. The molecule has 0 unspecified atom stereocenters. The van der Waals surface area contributed by atoms with Gasteiger partial charge < -0.3 is 19.9 Å². The van der Waals surface area contributed by atoms with Gasteiger partial charge in [0.25, 0.3) is 5.91 Å². The largest absolute Gasteiger partial charge is 0.462 e. The molecule has 0 bridgehead atoms. The van der Waals surface area contributed by atoms with E-state index in [0.29, 0.717) is 46.0 Å². The van der Waals surface area contributed by atoms with Crippen LogP contribution in [0.4, 0.5) is 5.69 Å². The summed E-state index contributed by atoms with van der Waals surface area (Å²) in [6.45, 7) is 6.29. The molecule has 0 aliphatic rings. The van der Waals surface area contributed by atoms with Crippen LogP contribution < -0.4 is 10.6 Å². The summed E-state index contributed by atoms with van der Waals surface area (Å²) in [6.07, 6.45) is 0. The number of amides is 2. The number of halogens is 2. The Morgan fingerprint density at radius 2 is 1.81 bits per heavy atom. The van der Waals surface area contributed by atoms with E-state index < -0.39 is 12.0 Å². The fourth-order valence-electron chi connectivity index (χ4n) is 3.27. The highest BCUT2D eigenvalue weighted by Crippen LogP contribution is 2.24. The molecule has 2 aromatic carbocycles. The Hall–Kier alpha value is -3.08. The van der Waals surface area contributed by atoms with Gasteiger partial charge in [-0.3, -0.25) is 9.59 Å². The van der Waals surface area contributed by atoms with Crippen molar-refractivity contribution >= 4 is 58.4 Å². The molecule has 2 N–H and O–H groups in total. The molecule has 0 aliphatic carbocycles. The van der Waals surface area contributed by atoms with Crippen LogP contribution in [0.25, 0.3) is 0 Å². The van der Waals surface area contributed by atoms with Crippen molar-refractivity contribution in [1.82, 2.24) is 20.1 Å². The number of nitrogens with one attached hydrogen (secondary N) is 2. The van der Waals surface area contributed by atoms with E-state index in [9.17, 15) is 14.4 Å². The van der Waals surface area contributed by atoms with Crippen molar-refractivity contribution in [3.8, 4) is 0 Å². The lowest BCUT2D eigenvalue weighted by molar-refractivity contribution is -0.113. The zero-order valence-electron chi connectivity index (χ0n) is 19.9. The van der Waals surface area contributed by atoms with Crippen molar-refractivity contribution in [3.63, 3.8) is 0 Å². The van der Waals surface area contributed by atoms with Gasteiger partial charge in [-0.25, -0.2) is 4.79 Å². The number of carbonyl (C=O) groups excluding carboxylic acids is 3. The smallest absolute Gasteiger partial charge is 0.338 e. The minimum Gasteiger partial charge on any atom is -0.462 e. The molecule has 0 fully saturated rings. The van der Waals surface area contributed by atoms with Gasteiger partial charge in [0, 0.05) is 17.3 Å². The van der Waals surface area contributed by atoms with E-state index in [1.807, 2.05) is 11.5 Å². The first-order chi connectivity index (χ1) is 17.2. The first-order valence-corrected chi connectivity index (χ1v) is 12.9. The van der Waals surface area contributed by atoms with E-state index in [4.69, 9.17) is 27.9 Å². The number of esters is 1. The van der Waals surface area contributed by atoms with Gasteiger partial charge in [-0.05, 0) is 63.2 Å². The number of aromatic nitrogens is 3. The minimum atomic E-state index is -0.460. The molecule has 9 nitrogen and oxygen atoms in total. The van der Waals surface area contributed by atoms with E-state index in [0.717, 1.165) is 0 Å². The Kier molecular flexibility index (Phi) is 9.74. The van der Waals surface area contributed by atoms with Crippen LogP contribution in [0.3, 0.4) is 0 Å². The molecule has 0 saturated heterocycles. The van der Waals surface area contributed by atoms with E-state index in [2.05, 4.69) is 20.8 Å². The molecule has 3 rings (SSSR count). The monoisotopic (exact) mass is 549 g/mol. The molecule has 36 heavy (non-hydrogen) atoms. The molecule has 1 aromatic heterocycles. The van der Waals surface area contributed by atoms with Crippen LogP contribution in [0, 0.1) is 0 Å². The van der Waals surface area contributed by atoms with Gasteiger partial charge in [-0.15, -0.1) is 10.2 Å². The van der Waals surface area contributed by atoms with Gasteiger partial charge in [0.1, 0.15) is 0 Å². The van der Waals surface area contributed by atoms with Crippen molar-refractivity contribution in [3.05, 3.63) is 69.5 Å². The van der Waals surface area contributed by atoms with Crippen LogP contribution in [-0.2, 0) is 16.1 Å². The Labute approximate surface area is 222 Å². The van der Waals surface area contributed by atoms with Gasteiger partial charge in [0.05, 0.1) is 34.6 Å².